The van der Waals surface area contributed by atoms with Gasteiger partial charge >= 0.3 is 0 Å². The fourth-order valence-electron chi connectivity index (χ4n) is 1.24. The van der Waals surface area contributed by atoms with Crippen LogP contribution in [0.15, 0.2) is 48.5 Å². The van der Waals surface area contributed by atoms with Gasteiger partial charge in [0.25, 0.3) is 0 Å². The molecule has 2 aromatic carbocycles. The molecule has 0 aliphatic carbocycles. The zero-order valence-corrected chi connectivity index (χ0v) is 8.44. The second-order valence-electron chi connectivity index (χ2n) is 3.02. The Labute approximate surface area is 89.1 Å². The van der Waals surface area contributed by atoms with Crippen molar-refractivity contribution in [2.75, 3.05) is 7.11 Å². The number of ether oxygens (including phenoxy) is 2. The van der Waals surface area contributed by atoms with Crippen molar-refractivity contribution in [2.24, 2.45) is 0 Å². The minimum atomic E-state index is 0.764. The lowest BCUT2D eigenvalue weighted by Gasteiger charge is -2.06. The van der Waals surface area contributed by atoms with Crippen molar-refractivity contribution in [3.63, 3.8) is 0 Å². The van der Waals surface area contributed by atoms with Crippen molar-refractivity contribution >= 4 is 0 Å². The van der Waals surface area contributed by atoms with Crippen LogP contribution in [0.25, 0.3) is 0 Å². The highest BCUT2D eigenvalue weighted by molar-refractivity contribution is 5.36. The first-order valence-electron chi connectivity index (χ1n) is 4.66. The van der Waals surface area contributed by atoms with E-state index < -0.39 is 0 Å². The Morgan fingerprint density at radius 1 is 0.933 bits per heavy atom. The molecule has 1 radical (unpaired) electrons. The fourth-order valence-corrected chi connectivity index (χ4v) is 1.24. The van der Waals surface area contributed by atoms with Gasteiger partial charge in [0.1, 0.15) is 17.2 Å². The van der Waals surface area contributed by atoms with E-state index in [0.717, 1.165) is 17.2 Å². The van der Waals surface area contributed by atoms with Gasteiger partial charge in [-0.2, -0.15) is 0 Å². The van der Waals surface area contributed by atoms with E-state index >= 15 is 0 Å². The minimum absolute atomic E-state index is 0.764. The summed E-state index contributed by atoms with van der Waals surface area (Å²) in [4.78, 5) is 0. The summed E-state index contributed by atoms with van der Waals surface area (Å²) in [6.07, 6.45) is 0. The molecule has 0 heterocycles. The Morgan fingerprint density at radius 2 is 1.67 bits per heavy atom. The molecule has 0 saturated carbocycles. The predicted molar refractivity (Wildman–Crippen MR) is 58.3 cm³/mol. The Kier molecular flexibility index (Phi) is 2.88. The quantitative estimate of drug-likeness (QED) is 0.755. The van der Waals surface area contributed by atoms with Crippen LogP contribution in [0.5, 0.6) is 17.2 Å². The number of methoxy groups -OCH3 is 1. The summed E-state index contributed by atoms with van der Waals surface area (Å²) in [7, 11) is 1.64. The van der Waals surface area contributed by atoms with Gasteiger partial charge in [-0.1, -0.05) is 18.2 Å². The SMILES string of the molecule is COc1cccc(Oc2cc[c]cc2)c1. The Hall–Kier alpha value is -1.96. The van der Waals surface area contributed by atoms with E-state index in [0.29, 0.717) is 0 Å². The molecule has 0 N–H and O–H groups in total. The molecule has 75 valence electrons. The third-order valence-corrected chi connectivity index (χ3v) is 1.96. The first-order chi connectivity index (χ1) is 7.38. The molecule has 0 fully saturated rings. The van der Waals surface area contributed by atoms with Crippen LogP contribution in [0.2, 0.25) is 0 Å². The molecule has 0 aliphatic rings. The van der Waals surface area contributed by atoms with Crippen molar-refractivity contribution in [2.45, 2.75) is 0 Å². The summed E-state index contributed by atoms with van der Waals surface area (Å²) in [6, 6.07) is 17.8. The average molecular weight is 199 g/mol. The summed E-state index contributed by atoms with van der Waals surface area (Å²) in [5.41, 5.74) is 0. The lowest BCUT2D eigenvalue weighted by Crippen LogP contribution is -1.86. The Bertz CT molecular complexity index is 424. The third kappa shape index (κ3) is 2.50. The van der Waals surface area contributed by atoms with Crippen LogP contribution in [0.1, 0.15) is 0 Å². The highest BCUT2D eigenvalue weighted by Crippen LogP contribution is 2.24. The molecular formula is C13H11O2. The Morgan fingerprint density at radius 3 is 2.40 bits per heavy atom. The van der Waals surface area contributed by atoms with Crippen molar-refractivity contribution in [1.29, 1.82) is 0 Å². The van der Waals surface area contributed by atoms with E-state index in [1.54, 1.807) is 7.11 Å². The zero-order valence-electron chi connectivity index (χ0n) is 8.44. The second-order valence-corrected chi connectivity index (χ2v) is 3.02. The van der Waals surface area contributed by atoms with E-state index in [-0.39, 0.29) is 0 Å². The molecule has 0 spiro atoms. The largest absolute Gasteiger partial charge is 0.497 e. The standard InChI is InChI=1S/C13H11O2/c1-14-12-8-5-9-13(10-12)15-11-6-3-2-4-7-11/h3-10H,1H3. The molecule has 0 aliphatic heterocycles. The van der Waals surface area contributed by atoms with Crippen LogP contribution in [-0.4, -0.2) is 7.11 Å². The van der Waals surface area contributed by atoms with E-state index in [1.165, 1.54) is 0 Å². The van der Waals surface area contributed by atoms with Gasteiger partial charge in [0.2, 0.25) is 0 Å². The van der Waals surface area contributed by atoms with Crippen molar-refractivity contribution in [3.8, 4) is 17.2 Å². The molecule has 2 aromatic rings. The van der Waals surface area contributed by atoms with Crippen molar-refractivity contribution in [3.05, 3.63) is 54.6 Å². The van der Waals surface area contributed by atoms with Gasteiger partial charge in [0.15, 0.2) is 0 Å². The van der Waals surface area contributed by atoms with Gasteiger partial charge < -0.3 is 9.47 Å². The van der Waals surface area contributed by atoms with Crippen molar-refractivity contribution < 1.29 is 9.47 Å². The molecule has 0 atom stereocenters. The number of hydrogen-bond donors (Lipinski definition) is 0. The number of rotatable bonds is 3. The molecule has 0 bridgehead atoms. The summed E-state index contributed by atoms with van der Waals surface area (Å²) in [5, 5.41) is 0. The minimum Gasteiger partial charge on any atom is -0.497 e. The normalized spacial score (nSPS) is 9.67. The van der Waals surface area contributed by atoms with Gasteiger partial charge in [0.05, 0.1) is 7.11 Å². The molecule has 0 unspecified atom stereocenters. The summed E-state index contributed by atoms with van der Waals surface area (Å²) in [6.45, 7) is 0. The van der Waals surface area contributed by atoms with Crippen LogP contribution >= 0.6 is 0 Å². The predicted octanol–water partition coefficient (Wildman–Crippen LogP) is 3.29. The van der Waals surface area contributed by atoms with Crippen LogP contribution < -0.4 is 9.47 Å². The molecule has 0 amide bonds. The van der Waals surface area contributed by atoms with Crippen molar-refractivity contribution in [1.82, 2.24) is 0 Å². The van der Waals surface area contributed by atoms with Crippen LogP contribution in [0.3, 0.4) is 0 Å². The molecule has 2 rings (SSSR count). The maximum Gasteiger partial charge on any atom is 0.131 e. The smallest absolute Gasteiger partial charge is 0.131 e. The first-order valence-corrected chi connectivity index (χ1v) is 4.66. The van der Waals surface area contributed by atoms with E-state index in [9.17, 15) is 0 Å². The Balaban J connectivity index is 2.17. The molecule has 2 heteroatoms. The van der Waals surface area contributed by atoms with Crippen LogP contribution in [0.4, 0.5) is 0 Å². The maximum atomic E-state index is 5.62. The third-order valence-electron chi connectivity index (χ3n) is 1.96. The van der Waals surface area contributed by atoms with Gasteiger partial charge in [-0.25, -0.2) is 0 Å². The lowest BCUT2D eigenvalue weighted by molar-refractivity contribution is 0.409. The van der Waals surface area contributed by atoms with E-state index in [2.05, 4.69) is 6.07 Å². The molecule has 0 aromatic heterocycles. The molecule has 0 saturated heterocycles. The number of benzene rings is 2. The second kappa shape index (κ2) is 4.51. The van der Waals surface area contributed by atoms with Gasteiger partial charge in [-0.05, 0) is 30.3 Å². The summed E-state index contributed by atoms with van der Waals surface area (Å²) in [5.74, 6) is 2.34. The monoisotopic (exact) mass is 199 g/mol. The van der Waals surface area contributed by atoms with Gasteiger partial charge in [0, 0.05) is 6.07 Å². The zero-order chi connectivity index (χ0) is 10.5. The van der Waals surface area contributed by atoms with E-state index in [1.807, 2.05) is 48.5 Å². The molecular weight excluding hydrogens is 188 g/mol. The highest BCUT2D eigenvalue weighted by atomic mass is 16.5. The maximum absolute atomic E-state index is 5.62. The van der Waals surface area contributed by atoms with Gasteiger partial charge in [-0.15, -0.1) is 0 Å². The first kappa shape index (κ1) is 9.59. The average Bonchev–Trinajstić information content (AvgIpc) is 2.31. The molecule has 2 nitrogen and oxygen atoms in total. The fraction of sp³-hybridized carbons (Fsp3) is 0.0769. The number of hydrogen-bond acceptors (Lipinski definition) is 2. The lowest BCUT2D eigenvalue weighted by atomic mass is 10.3. The molecule has 15 heavy (non-hydrogen) atoms. The van der Waals surface area contributed by atoms with Crippen LogP contribution in [-0.2, 0) is 0 Å². The van der Waals surface area contributed by atoms with Crippen LogP contribution in [0, 0.1) is 6.07 Å². The topological polar surface area (TPSA) is 18.5 Å². The van der Waals surface area contributed by atoms with E-state index in [4.69, 9.17) is 9.47 Å². The summed E-state index contributed by atoms with van der Waals surface area (Å²) >= 11 is 0. The summed E-state index contributed by atoms with van der Waals surface area (Å²) < 4.78 is 10.7. The van der Waals surface area contributed by atoms with Gasteiger partial charge in [-0.3, -0.25) is 0 Å². The highest BCUT2D eigenvalue weighted by Gasteiger charge is 1.97.